The number of hydrogen-bond acceptors (Lipinski definition) is 4. The fraction of sp³-hybridized carbons (Fsp3) is 0.786. The highest BCUT2D eigenvalue weighted by molar-refractivity contribution is 5.61. The second kappa shape index (κ2) is 4.75. The van der Waals surface area contributed by atoms with Gasteiger partial charge in [0, 0.05) is 20.1 Å². The molecule has 110 valence electrons. The van der Waals surface area contributed by atoms with E-state index in [4.69, 9.17) is 0 Å². The van der Waals surface area contributed by atoms with Gasteiger partial charge in [-0.15, -0.1) is 0 Å². The Morgan fingerprint density at radius 3 is 2.35 bits per heavy atom. The van der Waals surface area contributed by atoms with E-state index < -0.39 is 0 Å². The molecule has 1 saturated heterocycles. The summed E-state index contributed by atoms with van der Waals surface area (Å²) in [6, 6.07) is 0. The van der Waals surface area contributed by atoms with E-state index in [2.05, 4.69) is 10.00 Å². The third-order valence-electron chi connectivity index (χ3n) is 5.13. The van der Waals surface area contributed by atoms with Crippen LogP contribution in [0.4, 0.5) is 11.5 Å². The van der Waals surface area contributed by atoms with Gasteiger partial charge >= 0.3 is 5.69 Å². The molecule has 0 bridgehead atoms. The van der Waals surface area contributed by atoms with Crippen molar-refractivity contribution >= 4 is 11.5 Å². The molecule has 1 aliphatic heterocycles. The summed E-state index contributed by atoms with van der Waals surface area (Å²) < 4.78 is 1.67. The number of nitrogens with zero attached hydrogens (tertiary/aromatic N) is 4. The van der Waals surface area contributed by atoms with Crippen LogP contribution in [0.2, 0.25) is 0 Å². The van der Waals surface area contributed by atoms with E-state index in [-0.39, 0.29) is 10.6 Å². The highest BCUT2D eigenvalue weighted by atomic mass is 16.6. The van der Waals surface area contributed by atoms with Gasteiger partial charge in [0.1, 0.15) is 5.69 Å². The first kappa shape index (κ1) is 13.4. The highest BCUT2D eigenvalue weighted by Gasteiger charge is 2.39. The maximum atomic E-state index is 11.3. The predicted octanol–water partition coefficient (Wildman–Crippen LogP) is 2.80. The zero-order valence-electron chi connectivity index (χ0n) is 12.3. The van der Waals surface area contributed by atoms with Gasteiger partial charge < -0.3 is 4.90 Å². The molecule has 6 nitrogen and oxygen atoms in total. The van der Waals surface area contributed by atoms with Crippen molar-refractivity contribution in [2.45, 2.75) is 45.4 Å². The van der Waals surface area contributed by atoms with E-state index in [0.717, 1.165) is 25.9 Å². The summed E-state index contributed by atoms with van der Waals surface area (Å²) in [7, 11) is 1.80. The van der Waals surface area contributed by atoms with Gasteiger partial charge in [-0.25, -0.2) is 4.68 Å². The van der Waals surface area contributed by atoms with Gasteiger partial charge in [0.05, 0.1) is 4.92 Å². The van der Waals surface area contributed by atoms with Crippen LogP contribution >= 0.6 is 0 Å². The Labute approximate surface area is 118 Å². The predicted molar refractivity (Wildman–Crippen MR) is 76.9 cm³/mol. The van der Waals surface area contributed by atoms with E-state index in [1.807, 2.05) is 0 Å². The van der Waals surface area contributed by atoms with Crippen LogP contribution in [0.25, 0.3) is 0 Å². The normalized spacial score (nSPS) is 21.6. The molecule has 1 aromatic rings. The number of hydrogen-bond donors (Lipinski definition) is 0. The summed E-state index contributed by atoms with van der Waals surface area (Å²) in [5.74, 6) is 0.681. The number of nitro groups is 1. The van der Waals surface area contributed by atoms with E-state index in [9.17, 15) is 10.1 Å². The minimum absolute atomic E-state index is 0.176. The number of aromatic nitrogens is 2. The zero-order valence-corrected chi connectivity index (χ0v) is 12.3. The quantitative estimate of drug-likeness (QED) is 0.616. The van der Waals surface area contributed by atoms with Gasteiger partial charge in [0.15, 0.2) is 0 Å². The van der Waals surface area contributed by atoms with Crippen LogP contribution in [0, 0.1) is 22.5 Å². The average Bonchev–Trinajstić information content (AvgIpc) is 2.96. The SMILES string of the molecule is Cc1nn(C)c(N2CCC3(CCCC3)CC2)c1[N+](=O)[O-]. The third kappa shape index (κ3) is 2.07. The highest BCUT2D eigenvalue weighted by Crippen LogP contribution is 2.47. The number of rotatable bonds is 2. The lowest BCUT2D eigenvalue weighted by molar-refractivity contribution is -0.384. The maximum Gasteiger partial charge on any atom is 0.333 e. The van der Waals surface area contributed by atoms with Crippen molar-refractivity contribution in [3.05, 3.63) is 15.8 Å². The van der Waals surface area contributed by atoms with Crippen LogP contribution in [-0.4, -0.2) is 27.8 Å². The monoisotopic (exact) mass is 278 g/mol. The Morgan fingerprint density at radius 1 is 1.20 bits per heavy atom. The molecule has 20 heavy (non-hydrogen) atoms. The first-order valence-corrected chi connectivity index (χ1v) is 7.45. The average molecular weight is 278 g/mol. The second-order valence-corrected chi connectivity index (χ2v) is 6.33. The lowest BCUT2D eigenvalue weighted by atomic mass is 9.77. The fourth-order valence-corrected chi connectivity index (χ4v) is 4.02. The number of anilines is 1. The first-order chi connectivity index (χ1) is 9.52. The lowest BCUT2D eigenvalue weighted by Crippen LogP contribution is -2.40. The van der Waals surface area contributed by atoms with E-state index in [0.29, 0.717) is 16.9 Å². The lowest BCUT2D eigenvalue weighted by Gasteiger charge is -2.39. The summed E-state index contributed by atoms with van der Waals surface area (Å²) in [6.45, 7) is 3.55. The van der Waals surface area contributed by atoms with Crippen LogP contribution in [0.15, 0.2) is 0 Å². The van der Waals surface area contributed by atoms with Gasteiger partial charge in [-0.1, -0.05) is 12.8 Å². The molecule has 1 spiro atoms. The summed E-state index contributed by atoms with van der Waals surface area (Å²) in [5.41, 5.74) is 1.21. The van der Waals surface area contributed by atoms with Gasteiger partial charge in [-0.2, -0.15) is 5.10 Å². The second-order valence-electron chi connectivity index (χ2n) is 6.33. The molecule has 1 aliphatic carbocycles. The molecule has 0 N–H and O–H groups in total. The smallest absolute Gasteiger partial charge is 0.333 e. The fourth-order valence-electron chi connectivity index (χ4n) is 4.02. The number of piperidine rings is 1. The van der Waals surface area contributed by atoms with Crippen LogP contribution < -0.4 is 4.90 Å². The Morgan fingerprint density at radius 2 is 1.80 bits per heavy atom. The van der Waals surface area contributed by atoms with Gasteiger partial charge in [-0.05, 0) is 38.0 Å². The maximum absolute atomic E-state index is 11.3. The van der Waals surface area contributed by atoms with Crippen LogP contribution in [0.1, 0.15) is 44.2 Å². The Balaban J connectivity index is 1.83. The summed E-state index contributed by atoms with van der Waals surface area (Å²) >= 11 is 0. The van der Waals surface area contributed by atoms with Gasteiger partial charge in [-0.3, -0.25) is 10.1 Å². The van der Waals surface area contributed by atoms with Crippen LogP contribution in [-0.2, 0) is 7.05 Å². The molecule has 2 heterocycles. The largest absolute Gasteiger partial charge is 0.351 e. The molecule has 0 aromatic carbocycles. The molecule has 0 unspecified atom stereocenters. The molecule has 0 radical (unpaired) electrons. The Kier molecular flexibility index (Phi) is 3.18. The molecule has 0 amide bonds. The summed E-state index contributed by atoms with van der Waals surface area (Å²) in [4.78, 5) is 13.1. The van der Waals surface area contributed by atoms with Gasteiger partial charge in [0.25, 0.3) is 0 Å². The van der Waals surface area contributed by atoms with Crippen LogP contribution in [0.3, 0.4) is 0 Å². The molecule has 2 fully saturated rings. The van der Waals surface area contributed by atoms with Crippen molar-refractivity contribution in [2.75, 3.05) is 18.0 Å². The Hall–Kier alpha value is -1.59. The van der Waals surface area contributed by atoms with Gasteiger partial charge in [0.2, 0.25) is 5.82 Å². The molecular weight excluding hydrogens is 256 g/mol. The van der Waals surface area contributed by atoms with Crippen LogP contribution in [0.5, 0.6) is 0 Å². The first-order valence-electron chi connectivity index (χ1n) is 7.45. The van der Waals surface area contributed by atoms with Crippen molar-refractivity contribution in [3.63, 3.8) is 0 Å². The van der Waals surface area contributed by atoms with Crippen molar-refractivity contribution in [2.24, 2.45) is 12.5 Å². The van der Waals surface area contributed by atoms with Crippen molar-refractivity contribution in [1.82, 2.24) is 9.78 Å². The number of aryl methyl sites for hydroxylation is 2. The molecule has 0 atom stereocenters. The molecule has 3 rings (SSSR count). The van der Waals surface area contributed by atoms with E-state index >= 15 is 0 Å². The topological polar surface area (TPSA) is 64.2 Å². The minimum Gasteiger partial charge on any atom is -0.351 e. The Bertz CT molecular complexity index is 522. The molecule has 1 saturated carbocycles. The van der Waals surface area contributed by atoms with Crippen molar-refractivity contribution in [3.8, 4) is 0 Å². The molecule has 2 aliphatic rings. The molecule has 6 heteroatoms. The third-order valence-corrected chi connectivity index (χ3v) is 5.13. The van der Waals surface area contributed by atoms with Crippen molar-refractivity contribution in [1.29, 1.82) is 0 Å². The minimum atomic E-state index is -0.294. The summed E-state index contributed by atoms with van der Waals surface area (Å²) in [5, 5.41) is 15.5. The summed E-state index contributed by atoms with van der Waals surface area (Å²) in [6.07, 6.45) is 7.71. The van der Waals surface area contributed by atoms with E-state index in [1.54, 1.807) is 18.7 Å². The molecule has 1 aromatic heterocycles. The van der Waals surface area contributed by atoms with Crippen molar-refractivity contribution < 1.29 is 4.92 Å². The van der Waals surface area contributed by atoms with E-state index in [1.165, 1.54) is 25.7 Å². The molecular formula is C14H22N4O2. The zero-order chi connectivity index (χ0) is 14.3. The standard InChI is InChI=1S/C14H22N4O2/c1-11-12(18(19)20)13(16(2)15-11)17-9-7-14(8-10-17)5-3-4-6-14/h3-10H2,1-2H3.